The minimum Gasteiger partial charge on any atom is -0.486 e. The van der Waals surface area contributed by atoms with E-state index in [2.05, 4.69) is 4.99 Å². The standard InChI is InChI=1S/C20H18N2O7S2/c1-27-18(23)11-22-14-9-15-16(29-8-7-28-15)10-17(14)30-20(22)21-19(24)12-3-5-13(6-4-12)31(2,25)26/h3-6,9-10H,7-8,11H2,1-2H3. The molecule has 0 saturated carbocycles. The maximum atomic E-state index is 12.7. The first-order chi connectivity index (χ1) is 14.8. The number of sulfone groups is 1. The molecule has 162 valence electrons. The number of rotatable bonds is 4. The van der Waals surface area contributed by atoms with Gasteiger partial charge in [0.25, 0.3) is 5.91 Å². The molecule has 1 aliphatic rings. The van der Waals surface area contributed by atoms with Gasteiger partial charge in [0.1, 0.15) is 19.8 Å². The first-order valence-electron chi connectivity index (χ1n) is 9.15. The zero-order valence-corrected chi connectivity index (χ0v) is 18.3. The van der Waals surface area contributed by atoms with Crippen LogP contribution >= 0.6 is 11.3 Å². The highest BCUT2D eigenvalue weighted by Gasteiger charge is 2.18. The monoisotopic (exact) mass is 462 g/mol. The van der Waals surface area contributed by atoms with Crippen LogP contribution in [0.15, 0.2) is 46.3 Å². The van der Waals surface area contributed by atoms with Crippen molar-refractivity contribution in [1.29, 1.82) is 0 Å². The molecule has 0 spiro atoms. The van der Waals surface area contributed by atoms with E-state index in [4.69, 9.17) is 14.2 Å². The summed E-state index contributed by atoms with van der Waals surface area (Å²) in [6, 6.07) is 9.05. The van der Waals surface area contributed by atoms with Crippen LogP contribution in [0.5, 0.6) is 11.5 Å². The average Bonchev–Trinajstić information content (AvgIpc) is 3.07. The van der Waals surface area contributed by atoms with Crippen molar-refractivity contribution in [3.8, 4) is 11.5 Å². The Morgan fingerprint density at radius 3 is 2.39 bits per heavy atom. The molecule has 11 heteroatoms. The number of carbonyl (C=O) groups is 2. The number of amides is 1. The Bertz CT molecular complexity index is 1350. The summed E-state index contributed by atoms with van der Waals surface area (Å²) in [6.07, 6.45) is 1.09. The molecule has 1 aliphatic heterocycles. The van der Waals surface area contributed by atoms with Crippen molar-refractivity contribution in [2.45, 2.75) is 11.4 Å². The first-order valence-corrected chi connectivity index (χ1v) is 11.9. The number of carbonyl (C=O) groups excluding carboxylic acids is 2. The van der Waals surface area contributed by atoms with E-state index in [0.29, 0.717) is 35.0 Å². The minimum absolute atomic E-state index is 0.109. The average molecular weight is 463 g/mol. The third kappa shape index (κ3) is 4.32. The number of fused-ring (bicyclic) bond motifs is 2. The Morgan fingerprint density at radius 1 is 1.13 bits per heavy atom. The molecule has 0 atom stereocenters. The molecule has 0 fully saturated rings. The molecule has 2 aromatic carbocycles. The molecule has 2 heterocycles. The molecular weight excluding hydrogens is 444 g/mol. The van der Waals surface area contributed by atoms with Gasteiger partial charge in [-0.3, -0.25) is 9.59 Å². The highest BCUT2D eigenvalue weighted by molar-refractivity contribution is 7.90. The highest BCUT2D eigenvalue weighted by atomic mass is 32.2. The van der Waals surface area contributed by atoms with Crippen LogP contribution in [0, 0.1) is 0 Å². The summed E-state index contributed by atoms with van der Waals surface area (Å²) in [6.45, 7) is 0.708. The Labute approximate surface area is 181 Å². The van der Waals surface area contributed by atoms with Crippen molar-refractivity contribution in [2.24, 2.45) is 4.99 Å². The lowest BCUT2D eigenvalue weighted by Crippen LogP contribution is -2.22. The third-order valence-corrected chi connectivity index (χ3v) is 6.76. The van der Waals surface area contributed by atoms with Crippen LogP contribution in [0.1, 0.15) is 10.4 Å². The summed E-state index contributed by atoms with van der Waals surface area (Å²) < 4.78 is 41.6. The maximum absolute atomic E-state index is 12.7. The number of methoxy groups -OCH3 is 1. The van der Waals surface area contributed by atoms with Crippen LogP contribution in [-0.4, -0.2) is 51.4 Å². The highest BCUT2D eigenvalue weighted by Crippen LogP contribution is 2.35. The van der Waals surface area contributed by atoms with Gasteiger partial charge in [-0.1, -0.05) is 11.3 Å². The molecule has 31 heavy (non-hydrogen) atoms. The topological polar surface area (TPSA) is 113 Å². The largest absolute Gasteiger partial charge is 0.486 e. The molecule has 3 aromatic rings. The fourth-order valence-corrected chi connectivity index (χ4v) is 4.70. The van der Waals surface area contributed by atoms with E-state index in [1.807, 2.05) is 0 Å². The van der Waals surface area contributed by atoms with E-state index in [-0.39, 0.29) is 17.0 Å². The molecule has 1 amide bonds. The quantitative estimate of drug-likeness (QED) is 0.543. The van der Waals surface area contributed by atoms with Gasteiger partial charge < -0.3 is 18.8 Å². The third-order valence-electron chi connectivity index (χ3n) is 4.59. The van der Waals surface area contributed by atoms with Gasteiger partial charge in [0.2, 0.25) is 0 Å². The SMILES string of the molecule is COC(=O)Cn1c(=NC(=O)c2ccc(S(C)(=O)=O)cc2)sc2cc3c(cc21)OCCO3. The molecule has 0 unspecified atom stereocenters. The van der Waals surface area contributed by atoms with Crippen LogP contribution in [0.25, 0.3) is 10.2 Å². The van der Waals surface area contributed by atoms with Gasteiger partial charge in [-0.25, -0.2) is 8.42 Å². The second-order valence-corrected chi connectivity index (χ2v) is 9.75. The van der Waals surface area contributed by atoms with Crippen LogP contribution in [-0.2, 0) is 25.9 Å². The van der Waals surface area contributed by atoms with Gasteiger partial charge in [-0.15, -0.1) is 0 Å². The summed E-state index contributed by atoms with van der Waals surface area (Å²) in [5, 5.41) is 0. The fourth-order valence-electron chi connectivity index (χ4n) is 3.03. The zero-order valence-electron chi connectivity index (χ0n) is 16.7. The number of esters is 1. The van der Waals surface area contributed by atoms with Crippen LogP contribution in [0.3, 0.4) is 0 Å². The molecule has 4 rings (SSSR count). The number of nitrogens with zero attached hydrogens (tertiary/aromatic N) is 2. The predicted octanol–water partition coefficient (Wildman–Crippen LogP) is 1.79. The molecule has 0 saturated heterocycles. The van der Waals surface area contributed by atoms with Crippen LogP contribution < -0.4 is 14.3 Å². The Balaban J connectivity index is 1.81. The molecule has 0 N–H and O–H groups in total. The molecule has 9 nitrogen and oxygen atoms in total. The summed E-state index contributed by atoms with van der Waals surface area (Å²) >= 11 is 1.22. The number of thiazole rings is 1. The molecular formula is C20H18N2O7S2. The van der Waals surface area contributed by atoms with Gasteiger partial charge >= 0.3 is 5.97 Å². The Hall–Kier alpha value is -3.18. The Morgan fingerprint density at radius 2 is 1.77 bits per heavy atom. The lowest BCUT2D eigenvalue weighted by atomic mass is 10.2. The number of ether oxygens (including phenoxy) is 3. The van der Waals surface area contributed by atoms with Crippen LogP contribution in [0.4, 0.5) is 0 Å². The molecule has 1 aromatic heterocycles. The van der Waals surface area contributed by atoms with Crippen molar-refractivity contribution in [3.05, 3.63) is 46.8 Å². The molecule has 0 bridgehead atoms. The second kappa shape index (κ2) is 8.16. The number of hydrogen-bond donors (Lipinski definition) is 0. The van der Waals surface area contributed by atoms with Gasteiger partial charge in [-0.2, -0.15) is 4.99 Å². The maximum Gasteiger partial charge on any atom is 0.325 e. The van der Waals surface area contributed by atoms with Gasteiger partial charge in [0.15, 0.2) is 26.1 Å². The zero-order chi connectivity index (χ0) is 22.2. The fraction of sp³-hybridized carbons (Fsp3) is 0.250. The normalized spacial score (nSPS) is 13.9. The minimum atomic E-state index is -3.37. The second-order valence-electron chi connectivity index (χ2n) is 6.72. The van der Waals surface area contributed by atoms with Gasteiger partial charge in [0, 0.05) is 24.0 Å². The predicted molar refractivity (Wildman–Crippen MR) is 112 cm³/mol. The van der Waals surface area contributed by atoms with Crippen LogP contribution in [0.2, 0.25) is 0 Å². The summed E-state index contributed by atoms with van der Waals surface area (Å²) in [7, 11) is -2.09. The van der Waals surface area contributed by atoms with Crippen molar-refractivity contribution in [1.82, 2.24) is 4.57 Å². The molecule has 0 radical (unpaired) electrons. The number of hydrogen-bond acceptors (Lipinski definition) is 8. The van der Waals surface area contributed by atoms with Gasteiger partial charge in [0.05, 0.1) is 22.2 Å². The Kier molecular flexibility index (Phi) is 5.54. The molecule has 0 aliphatic carbocycles. The van der Waals surface area contributed by atoms with E-state index in [1.165, 1.54) is 42.7 Å². The smallest absolute Gasteiger partial charge is 0.325 e. The van der Waals surface area contributed by atoms with E-state index in [0.717, 1.165) is 11.0 Å². The lowest BCUT2D eigenvalue weighted by Gasteiger charge is -2.18. The first kappa shape index (κ1) is 21.1. The van der Waals surface area contributed by atoms with Crippen molar-refractivity contribution in [2.75, 3.05) is 26.6 Å². The summed E-state index contributed by atoms with van der Waals surface area (Å²) in [4.78, 5) is 29.3. The summed E-state index contributed by atoms with van der Waals surface area (Å²) in [5.41, 5.74) is 0.874. The van der Waals surface area contributed by atoms with Crippen molar-refractivity contribution in [3.63, 3.8) is 0 Å². The lowest BCUT2D eigenvalue weighted by molar-refractivity contribution is -0.141. The van der Waals surface area contributed by atoms with E-state index < -0.39 is 21.7 Å². The van der Waals surface area contributed by atoms with E-state index >= 15 is 0 Å². The van der Waals surface area contributed by atoms with E-state index in [1.54, 1.807) is 16.7 Å². The van der Waals surface area contributed by atoms with E-state index in [9.17, 15) is 18.0 Å². The number of benzene rings is 2. The van der Waals surface area contributed by atoms with Crippen molar-refractivity contribution < 1.29 is 32.2 Å². The number of aromatic nitrogens is 1. The van der Waals surface area contributed by atoms with Gasteiger partial charge in [-0.05, 0) is 24.3 Å². The van der Waals surface area contributed by atoms with Crippen molar-refractivity contribution >= 4 is 43.3 Å². The summed E-state index contributed by atoms with van der Waals surface area (Å²) in [5.74, 6) is 0.0624.